The number of para-hydroxylation sites is 1. The summed E-state index contributed by atoms with van der Waals surface area (Å²) in [4.78, 5) is 37.7. The van der Waals surface area contributed by atoms with Crippen molar-refractivity contribution < 1.29 is 14.4 Å². The quantitative estimate of drug-likeness (QED) is 0.283. The van der Waals surface area contributed by atoms with Crippen LogP contribution in [0.4, 0.5) is 11.4 Å². The average molecular weight is 557 g/mol. The van der Waals surface area contributed by atoms with Gasteiger partial charge in [-0.1, -0.05) is 59.8 Å². The van der Waals surface area contributed by atoms with Crippen LogP contribution in [0.15, 0.2) is 101 Å². The number of thioether (sulfide) groups is 1. The smallest absolute Gasteiger partial charge is 0.254 e. The Morgan fingerprint density at radius 1 is 0.949 bits per heavy atom. The lowest BCUT2D eigenvalue weighted by Crippen LogP contribution is -2.31. The SMILES string of the molecule is CC(=O)c1ccc(NC(=O)CSC2=C(C#N)[C@H](c3ccccc3Cl)C(C(=O)Nc3ccccc3)=C(C)N2)cc1. The highest BCUT2D eigenvalue weighted by molar-refractivity contribution is 8.03. The molecule has 0 fully saturated rings. The summed E-state index contributed by atoms with van der Waals surface area (Å²) in [5, 5.41) is 20.0. The summed E-state index contributed by atoms with van der Waals surface area (Å²) in [5.41, 5.74) is 3.55. The average Bonchev–Trinajstić information content (AvgIpc) is 2.92. The number of halogens is 1. The van der Waals surface area contributed by atoms with E-state index in [9.17, 15) is 19.6 Å². The van der Waals surface area contributed by atoms with E-state index in [-0.39, 0.29) is 28.9 Å². The van der Waals surface area contributed by atoms with Crippen molar-refractivity contribution >= 4 is 52.3 Å². The minimum Gasteiger partial charge on any atom is -0.353 e. The fraction of sp³-hybridized carbons (Fsp3) is 0.133. The molecule has 0 radical (unpaired) electrons. The number of nitriles is 1. The topological polar surface area (TPSA) is 111 Å². The summed E-state index contributed by atoms with van der Waals surface area (Å²) >= 11 is 7.72. The molecule has 0 saturated carbocycles. The van der Waals surface area contributed by atoms with Gasteiger partial charge in [0.15, 0.2) is 5.78 Å². The Kier molecular flexibility index (Phi) is 8.87. The summed E-state index contributed by atoms with van der Waals surface area (Å²) in [6.45, 7) is 3.24. The normalized spacial score (nSPS) is 14.8. The van der Waals surface area contributed by atoms with Crippen molar-refractivity contribution in [3.8, 4) is 6.07 Å². The number of rotatable bonds is 8. The second-order valence-electron chi connectivity index (χ2n) is 8.76. The van der Waals surface area contributed by atoms with Crippen LogP contribution < -0.4 is 16.0 Å². The molecule has 0 unspecified atom stereocenters. The summed E-state index contributed by atoms with van der Waals surface area (Å²) in [5.74, 6) is -1.43. The van der Waals surface area contributed by atoms with Crippen LogP contribution in [0, 0.1) is 11.3 Å². The van der Waals surface area contributed by atoms with Gasteiger partial charge in [0.1, 0.15) is 0 Å². The van der Waals surface area contributed by atoms with Crippen molar-refractivity contribution in [1.82, 2.24) is 5.32 Å². The number of anilines is 2. The molecule has 0 bridgehead atoms. The largest absolute Gasteiger partial charge is 0.353 e. The van der Waals surface area contributed by atoms with Crippen LogP contribution in [0.5, 0.6) is 0 Å². The molecule has 3 aromatic carbocycles. The van der Waals surface area contributed by atoms with Crippen molar-refractivity contribution in [2.45, 2.75) is 19.8 Å². The number of allylic oxidation sites excluding steroid dienone is 2. The minimum absolute atomic E-state index is 0.00996. The third-order valence-corrected chi connectivity index (χ3v) is 7.42. The number of ketones is 1. The monoisotopic (exact) mass is 556 g/mol. The van der Waals surface area contributed by atoms with Gasteiger partial charge in [0, 0.05) is 33.2 Å². The Balaban J connectivity index is 1.60. The molecule has 0 aliphatic carbocycles. The van der Waals surface area contributed by atoms with Crippen molar-refractivity contribution in [3.63, 3.8) is 0 Å². The molecule has 9 heteroatoms. The van der Waals surface area contributed by atoms with Crippen LogP contribution in [-0.2, 0) is 9.59 Å². The molecular weight excluding hydrogens is 532 g/mol. The minimum atomic E-state index is -0.738. The lowest BCUT2D eigenvalue weighted by Gasteiger charge is -2.30. The molecule has 1 aliphatic rings. The van der Waals surface area contributed by atoms with Gasteiger partial charge in [0.2, 0.25) is 5.91 Å². The van der Waals surface area contributed by atoms with Crippen LogP contribution in [0.2, 0.25) is 5.02 Å². The molecule has 0 spiro atoms. The maximum Gasteiger partial charge on any atom is 0.254 e. The van der Waals surface area contributed by atoms with E-state index in [1.807, 2.05) is 18.2 Å². The van der Waals surface area contributed by atoms with E-state index in [1.165, 1.54) is 6.92 Å². The number of dihydropyridines is 1. The van der Waals surface area contributed by atoms with Gasteiger partial charge in [-0.2, -0.15) is 5.26 Å². The summed E-state index contributed by atoms with van der Waals surface area (Å²) in [6.07, 6.45) is 0. The first-order chi connectivity index (χ1) is 18.8. The molecule has 3 aromatic rings. The standard InChI is InChI=1S/C30H25ClN4O3S/c1-18-27(29(38)35-21-8-4-3-5-9-21)28(23-10-6-7-11-25(23)31)24(16-32)30(33-18)39-17-26(37)34-22-14-12-20(13-15-22)19(2)36/h3-15,28,33H,17H2,1-2H3,(H,34,37)(H,35,38)/t28-/m0/s1. The van der Waals surface area contributed by atoms with Gasteiger partial charge < -0.3 is 16.0 Å². The van der Waals surface area contributed by atoms with Gasteiger partial charge in [-0.3, -0.25) is 14.4 Å². The number of Topliss-reactive ketones (excluding diaryl/α,β-unsaturated/α-hetero) is 1. The van der Waals surface area contributed by atoms with E-state index in [0.717, 1.165) is 11.8 Å². The zero-order valence-corrected chi connectivity index (χ0v) is 22.8. The van der Waals surface area contributed by atoms with Gasteiger partial charge in [-0.15, -0.1) is 0 Å². The molecule has 3 N–H and O–H groups in total. The van der Waals surface area contributed by atoms with E-state index >= 15 is 0 Å². The number of nitrogens with zero attached hydrogens (tertiary/aromatic N) is 1. The van der Waals surface area contributed by atoms with E-state index < -0.39 is 5.92 Å². The maximum atomic E-state index is 13.5. The molecule has 1 atom stereocenters. The number of hydrogen-bond donors (Lipinski definition) is 3. The Bertz CT molecular complexity index is 1530. The number of hydrogen-bond acceptors (Lipinski definition) is 6. The Labute approximate surface area is 235 Å². The van der Waals surface area contributed by atoms with E-state index in [1.54, 1.807) is 67.6 Å². The van der Waals surface area contributed by atoms with Crippen LogP contribution >= 0.6 is 23.4 Å². The molecule has 4 rings (SSSR count). The fourth-order valence-corrected chi connectivity index (χ4v) is 5.33. The third-order valence-electron chi connectivity index (χ3n) is 6.06. The first-order valence-electron chi connectivity index (χ1n) is 12.0. The number of benzene rings is 3. The molecule has 39 heavy (non-hydrogen) atoms. The molecule has 1 aliphatic heterocycles. The zero-order chi connectivity index (χ0) is 27.9. The van der Waals surface area contributed by atoms with Gasteiger partial charge in [0.25, 0.3) is 5.91 Å². The van der Waals surface area contributed by atoms with E-state index in [4.69, 9.17) is 11.6 Å². The molecule has 7 nitrogen and oxygen atoms in total. The first kappa shape index (κ1) is 27.7. The number of carbonyl (C=O) groups excluding carboxylic acids is 3. The number of carbonyl (C=O) groups is 3. The summed E-state index contributed by atoms with van der Waals surface area (Å²) in [6, 6.07) is 25.0. The van der Waals surface area contributed by atoms with Crippen molar-refractivity contribution in [1.29, 1.82) is 5.26 Å². The van der Waals surface area contributed by atoms with Crippen LogP contribution in [0.1, 0.15) is 35.7 Å². The number of amides is 2. The van der Waals surface area contributed by atoms with E-state index in [0.29, 0.717) is 43.8 Å². The van der Waals surface area contributed by atoms with Gasteiger partial charge >= 0.3 is 0 Å². The van der Waals surface area contributed by atoms with Crippen LogP contribution in [0.3, 0.4) is 0 Å². The molecule has 0 saturated heterocycles. The Morgan fingerprint density at radius 2 is 1.59 bits per heavy atom. The summed E-state index contributed by atoms with van der Waals surface area (Å²) in [7, 11) is 0. The van der Waals surface area contributed by atoms with Crippen molar-refractivity contribution in [3.05, 3.63) is 117 Å². The predicted octanol–water partition coefficient (Wildman–Crippen LogP) is 6.25. The van der Waals surface area contributed by atoms with Gasteiger partial charge in [0.05, 0.1) is 28.3 Å². The third kappa shape index (κ3) is 6.58. The predicted molar refractivity (Wildman–Crippen MR) is 155 cm³/mol. The highest BCUT2D eigenvalue weighted by Gasteiger charge is 2.36. The second kappa shape index (κ2) is 12.5. The van der Waals surface area contributed by atoms with Gasteiger partial charge in [-0.25, -0.2) is 0 Å². The fourth-order valence-electron chi connectivity index (χ4n) is 4.19. The van der Waals surface area contributed by atoms with Crippen LogP contribution in [-0.4, -0.2) is 23.4 Å². The first-order valence-corrected chi connectivity index (χ1v) is 13.4. The maximum absolute atomic E-state index is 13.5. The Morgan fingerprint density at radius 3 is 2.23 bits per heavy atom. The van der Waals surface area contributed by atoms with Crippen molar-refractivity contribution in [2.24, 2.45) is 0 Å². The van der Waals surface area contributed by atoms with Crippen LogP contribution in [0.25, 0.3) is 0 Å². The molecule has 196 valence electrons. The second-order valence-corrected chi connectivity index (χ2v) is 10.2. The lowest BCUT2D eigenvalue weighted by atomic mass is 9.82. The number of nitrogens with one attached hydrogen (secondary N) is 3. The molecule has 2 amide bonds. The van der Waals surface area contributed by atoms with E-state index in [2.05, 4.69) is 22.0 Å². The molecular formula is C30H25ClN4O3S. The highest BCUT2D eigenvalue weighted by atomic mass is 35.5. The van der Waals surface area contributed by atoms with Gasteiger partial charge in [-0.05, 0) is 61.9 Å². The lowest BCUT2D eigenvalue weighted by molar-refractivity contribution is -0.114. The zero-order valence-electron chi connectivity index (χ0n) is 21.2. The van der Waals surface area contributed by atoms with Crippen molar-refractivity contribution in [2.75, 3.05) is 16.4 Å². The Hall–Kier alpha value is -4.32. The summed E-state index contributed by atoms with van der Waals surface area (Å²) < 4.78 is 0. The highest BCUT2D eigenvalue weighted by Crippen LogP contribution is 2.43. The molecule has 0 aromatic heterocycles. The molecule has 1 heterocycles.